The van der Waals surface area contributed by atoms with Gasteiger partial charge in [-0.15, -0.1) is 0 Å². The van der Waals surface area contributed by atoms with Crippen LogP contribution >= 0.6 is 0 Å². The topological polar surface area (TPSA) is 65.4 Å². The van der Waals surface area contributed by atoms with E-state index in [0.717, 1.165) is 11.5 Å². The van der Waals surface area contributed by atoms with Crippen molar-refractivity contribution in [1.82, 2.24) is 30.0 Å². The Morgan fingerprint density at radius 3 is 3.00 bits per heavy atom. The summed E-state index contributed by atoms with van der Waals surface area (Å²) in [6, 6.07) is 6.40. The zero-order valence-electron chi connectivity index (χ0n) is 16.8. The van der Waals surface area contributed by atoms with E-state index in [1.165, 1.54) is 12.1 Å². The van der Waals surface area contributed by atoms with Gasteiger partial charge in [0.25, 0.3) is 5.91 Å². The molecule has 3 aliphatic heterocycles. The fourth-order valence-corrected chi connectivity index (χ4v) is 4.43. The fraction of sp³-hybridized carbons (Fsp3) is 0.273. The number of fused-ring (bicyclic) bond motifs is 2. The third-order valence-corrected chi connectivity index (χ3v) is 6.05. The Morgan fingerprint density at radius 2 is 2.20 bits per heavy atom. The van der Waals surface area contributed by atoms with Crippen LogP contribution in [-0.2, 0) is 4.79 Å². The van der Waals surface area contributed by atoms with Crippen LogP contribution in [0.1, 0.15) is 19.6 Å². The number of carbonyl (C=O) groups excluding carboxylic acids is 1. The molecule has 2 atom stereocenters. The van der Waals surface area contributed by atoms with E-state index in [9.17, 15) is 9.18 Å². The van der Waals surface area contributed by atoms with E-state index in [0.29, 0.717) is 24.4 Å². The molecule has 7 nitrogen and oxygen atoms in total. The summed E-state index contributed by atoms with van der Waals surface area (Å²) in [4.78, 5) is 21.4. The molecule has 0 fully saturated rings. The van der Waals surface area contributed by atoms with Crippen molar-refractivity contribution in [3.8, 4) is 11.4 Å². The van der Waals surface area contributed by atoms with Crippen molar-refractivity contribution in [3.05, 3.63) is 78.4 Å². The molecule has 1 amide bonds. The van der Waals surface area contributed by atoms with Crippen LogP contribution < -0.4 is 10.6 Å². The fourth-order valence-electron chi connectivity index (χ4n) is 4.43. The maximum Gasteiger partial charge on any atom is 0.256 e. The predicted octanol–water partition coefficient (Wildman–Crippen LogP) is 2.51. The number of amides is 1. The number of allylic oxidation sites excluding steroid dienone is 2. The van der Waals surface area contributed by atoms with Crippen molar-refractivity contribution in [2.75, 3.05) is 13.6 Å². The van der Waals surface area contributed by atoms with Crippen LogP contribution in [0.2, 0.25) is 0 Å². The van der Waals surface area contributed by atoms with Crippen LogP contribution in [0, 0.1) is 5.82 Å². The quantitative estimate of drug-likeness (QED) is 0.820. The smallest absolute Gasteiger partial charge is 0.256 e. The van der Waals surface area contributed by atoms with E-state index in [1.807, 2.05) is 60.1 Å². The second-order valence-corrected chi connectivity index (χ2v) is 7.60. The highest BCUT2D eigenvalue weighted by Crippen LogP contribution is 2.38. The molecule has 0 saturated heterocycles. The Labute approximate surface area is 174 Å². The number of aromatic nitrogens is 2. The predicted molar refractivity (Wildman–Crippen MR) is 111 cm³/mol. The van der Waals surface area contributed by atoms with Crippen LogP contribution in [0.25, 0.3) is 11.4 Å². The lowest BCUT2D eigenvalue weighted by molar-refractivity contribution is -0.139. The number of carbonyl (C=O) groups is 1. The third kappa shape index (κ3) is 2.60. The highest BCUT2D eigenvalue weighted by Gasteiger charge is 2.49. The van der Waals surface area contributed by atoms with Gasteiger partial charge in [-0.2, -0.15) is 0 Å². The van der Waals surface area contributed by atoms with Gasteiger partial charge in [0.05, 0.1) is 5.70 Å². The zero-order chi connectivity index (χ0) is 20.9. The van der Waals surface area contributed by atoms with Gasteiger partial charge >= 0.3 is 0 Å². The summed E-state index contributed by atoms with van der Waals surface area (Å²) in [7, 11) is 1.82. The molecular weight excluding hydrogens is 383 g/mol. The maximum absolute atomic E-state index is 13.8. The second kappa shape index (κ2) is 6.84. The molecule has 5 rings (SSSR count). The van der Waals surface area contributed by atoms with Crippen molar-refractivity contribution >= 4 is 5.91 Å². The van der Waals surface area contributed by atoms with Gasteiger partial charge in [-0.05, 0) is 30.7 Å². The van der Waals surface area contributed by atoms with Crippen LogP contribution in [0.5, 0.6) is 0 Å². The first-order valence-corrected chi connectivity index (χ1v) is 10.0. The minimum atomic E-state index is -0.739. The van der Waals surface area contributed by atoms with Crippen LogP contribution in [0.4, 0.5) is 4.39 Å². The number of nitrogens with one attached hydrogen (secondary N) is 2. The molecule has 0 radical (unpaired) electrons. The molecule has 0 bridgehead atoms. The highest BCUT2D eigenvalue weighted by molar-refractivity contribution is 5.92. The first-order valence-electron chi connectivity index (χ1n) is 10.0. The van der Waals surface area contributed by atoms with Crippen molar-refractivity contribution in [1.29, 1.82) is 0 Å². The second-order valence-electron chi connectivity index (χ2n) is 7.60. The van der Waals surface area contributed by atoms with E-state index < -0.39 is 5.54 Å². The van der Waals surface area contributed by atoms with E-state index in [4.69, 9.17) is 0 Å². The number of hydrogen-bond donors (Lipinski definition) is 2. The first kappa shape index (κ1) is 18.6. The minimum Gasteiger partial charge on any atom is -0.337 e. The summed E-state index contributed by atoms with van der Waals surface area (Å²) < 4.78 is 15.7. The average molecular weight is 406 g/mol. The van der Waals surface area contributed by atoms with E-state index in [1.54, 1.807) is 17.2 Å². The highest BCUT2D eigenvalue weighted by atomic mass is 19.1. The molecule has 8 heteroatoms. The maximum atomic E-state index is 13.8. The molecule has 2 N–H and O–H groups in total. The van der Waals surface area contributed by atoms with Crippen molar-refractivity contribution in [2.24, 2.45) is 0 Å². The van der Waals surface area contributed by atoms with Crippen molar-refractivity contribution in [3.63, 3.8) is 0 Å². The molecule has 2 aromatic rings. The van der Waals surface area contributed by atoms with Gasteiger partial charge in [0.2, 0.25) is 0 Å². The number of imidazole rings is 1. The zero-order valence-corrected chi connectivity index (χ0v) is 16.8. The van der Waals surface area contributed by atoms with Gasteiger partial charge in [-0.1, -0.05) is 25.1 Å². The lowest BCUT2D eigenvalue weighted by Crippen LogP contribution is -2.65. The van der Waals surface area contributed by atoms with E-state index in [-0.39, 0.29) is 18.0 Å². The largest absolute Gasteiger partial charge is 0.337 e. The van der Waals surface area contributed by atoms with Crippen molar-refractivity contribution in [2.45, 2.75) is 25.2 Å². The van der Waals surface area contributed by atoms with E-state index in [2.05, 4.69) is 15.6 Å². The standard InChI is InChI=1S/C22H23FN6O/c1-3-22-9-4-5-11-29(22)19-17(27(2)20(22)30)14-25-21(26-19)28-12-10-24-18(28)15-7-6-8-16(23)13-15/h4-13,21,25-26H,3,14H2,1-2H3. The Bertz CT molecular complexity index is 1100. The molecule has 2 unspecified atom stereocenters. The molecule has 154 valence electrons. The molecule has 1 aromatic heterocycles. The first-order chi connectivity index (χ1) is 14.5. The van der Waals surface area contributed by atoms with Crippen LogP contribution in [0.3, 0.4) is 0 Å². The molecule has 4 heterocycles. The Balaban J connectivity index is 1.54. The van der Waals surface area contributed by atoms with Gasteiger partial charge in [-0.3, -0.25) is 14.7 Å². The monoisotopic (exact) mass is 406 g/mol. The summed E-state index contributed by atoms with van der Waals surface area (Å²) in [6.07, 6.45) is 11.7. The molecular formula is C22H23FN6O. The summed E-state index contributed by atoms with van der Waals surface area (Å²) in [5.41, 5.74) is 0.841. The van der Waals surface area contributed by atoms with Gasteiger partial charge in [0.15, 0.2) is 6.29 Å². The number of hydrogen-bond acceptors (Lipinski definition) is 5. The summed E-state index contributed by atoms with van der Waals surface area (Å²) in [5.74, 6) is 1.28. The molecule has 30 heavy (non-hydrogen) atoms. The van der Waals surface area contributed by atoms with Gasteiger partial charge in [-0.25, -0.2) is 9.37 Å². The summed E-state index contributed by atoms with van der Waals surface area (Å²) in [5, 5.41) is 6.96. The number of likely N-dealkylation sites (N-methyl/N-ethyl adjacent to an activating group) is 1. The number of halogens is 1. The van der Waals surface area contributed by atoms with E-state index >= 15 is 0 Å². The molecule has 0 spiro atoms. The molecule has 1 aromatic carbocycles. The van der Waals surface area contributed by atoms with Gasteiger partial charge < -0.3 is 15.1 Å². The third-order valence-electron chi connectivity index (χ3n) is 6.05. The summed E-state index contributed by atoms with van der Waals surface area (Å²) in [6.45, 7) is 2.52. The van der Waals surface area contributed by atoms with Crippen molar-refractivity contribution < 1.29 is 9.18 Å². The lowest BCUT2D eigenvalue weighted by Gasteiger charge is -2.51. The van der Waals surface area contributed by atoms with Gasteiger partial charge in [0.1, 0.15) is 23.0 Å². The SMILES string of the molecule is CCC12C=CC=CN1C1=C(CNC(n3ccnc3-c3cccc(F)c3)N1)N(C)C2=O. The lowest BCUT2D eigenvalue weighted by atomic mass is 9.87. The number of nitrogens with zero attached hydrogens (tertiary/aromatic N) is 4. The molecule has 0 aliphatic carbocycles. The average Bonchev–Trinajstić information content (AvgIpc) is 3.27. The number of rotatable bonds is 3. The minimum absolute atomic E-state index is 0.0504. The summed E-state index contributed by atoms with van der Waals surface area (Å²) >= 11 is 0. The van der Waals surface area contributed by atoms with Gasteiger partial charge in [0, 0.05) is 37.7 Å². The van der Waals surface area contributed by atoms with Crippen LogP contribution in [-0.4, -0.2) is 44.4 Å². The molecule has 3 aliphatic rings. The Morgan fingerprint density at radius 1 is 1.33 bits per heavy atom. The molecule has 0 saturated carbocycles. The Kier molecular flexibility index (Phi) is 4.25. The van der Waals surface area contributed by atoms with Crippen LogP contribution in [0.15, 0.2) is 72.6 Å². The normalized spacial score (nSPS) is 25.3. The Hall–Kier alpha value is -3.39. The number of benzene rings is 1.